The summed E-state index contributed by atoms with van der Waals surface area (Å²) in [5, 5.41) is 5.32. The minimum atomic E-state index is -4.66. The number of hydrogen-bond acceptors (Lipinski definition) is 6. The van der Waals surface area contributed by atoms with Gasteiger partial charge < -0.3 is 15.4 Å². The molecule has 0 saturated heterocycles. The molecule has 0 aliphatic rings. The highest BCUT2D eigenvalue weighted by atomic mass is 35.5. The molecule has 4 rings (SSSR count). The van der Waals surface area contributed by atoms with Crippen LogP contribution in [0.2, 0.25) is 5.02 Å². The molecule has 0 aliphatic carbocycles. The Morgan fingerprint density at radius 2 is 1.77 bits per heavy atom. The molecule has 2 heterocycles. The molecule has 0 saturated carbocycles. The fraction of sp³-hybridized carbons (Fsp3) is 0.267. The number of carbonyl (C=O) groups is 2. The lowest BCUT2D eigenvalue weighted by Crippen LogP contribution is -2.43. The lowest BCUT2D eigenvalue weighted by Gasteiger charge is -2.22. The summed E-state index contributed by atoms with van der Waals surface area (Å²) in [5.41, 5.74) is 1.35. The van der Waals surface area contributed by atoms with E-state index >= 15 is 0 Å². The molecule has 13 heteroatoms. The average molecular weight is 621 g/mol. The van der Waals surface area contributed by atoms with E-state index in [1.807, 2.05) is 12.2 Å². The minimum Gasteiger partial charge on any atom is -0.467 e. The van der Waals surface area contributed by atoms with Crippen LogP contribution >= 0.6 is 11.6 Å². The molecule has 7 nitrogen and oxygen atoms in total. The molecule has 2 N–H and O–H groups in total. The van der Waals surface area contributed by atoms with Gasteiger partial charge in [0, 0.05) is 34.9 Å². The number of nitrogens with one attached hydrogen (secondary N) is 2. The number of rotatable bonds is 9. The SMILES string of the molecule is CC[C@@H](Nc1cc(F)c(C(=O)N[C@@H](Cc2ccc(-c3nc(C)ccc3Cl)c3ncccc23)C(=O)OC)c(F)c1)C(F)(F)F. The van der Waals surface area contributed by atoms with Gasteiger partial charge in [-0.15, -0.1) is 0 Å². The first-order chi connectivity index (χ1) is 20.3. The van der Waals surface area contributed by atoms with Gasteiger partial charge in [0.25, 0.3) is 5.91 Å². The molecule has 226 valence electrons. The summed E-state index contributed by atoms with van der Waals surface area (Å²) >= 11 is 6.40. The number of carbonyl (C=O) groups excluding carboxylic acids is 2. The van der Waals surface area contributed by atoms with Gasteiger partial charge in [-0.3, -0.25) is 14.8 Å². The van der Waals surface area contributed by atoms with Crippen molar-refractivity contribution >= 4 is 40.1 Å². The van der Waals surface area contributed by atoms with E-state index in [0.717, 1.165) is 12.8 Å². The van der Waals surface area contributed by atoms with Crippen LogP contribution in [0.3, 0.4) is 0 Å². The van der Waals surface area contributed by atoms with E-state index in [1.54, 1.807) is 42.6 Å². The maximum Gasteiger partial charge on any atom is 0.408 e. The van der Waals surface area contributed by atoms with E-state index in [4.69, 9.17) is 16.3 Å². The number of benzene rings is 2. The van der Waals surface area contributed by atoms with Crippen molar-refractivity contribution < 1.29 is 36.3 Å². The number of nitrogens with zero attached hydrogens (tertiary/aromatic N) is 2. The number of pyridine rings is 2. The molecule has 0 spiro atoms. The fourth-order valence-corrected chi connectivity index (χ4v) is 4.81. The van der Waals surface area contributed by atoms with Gasteiger partial charge in [-0.25, -0.2) is 13.6 Å². The monoisotopic (exact) mass is 620 g/mol. The van der Waals surface area contributed by atoms with Crippen LogP contribution in [0.1, 0.15) is 35.0 Å². The Morgan fingerprint density at radius 1 is 1.07 bits per heavy atom. The smallest absolute Gasteiger partial charge is 0.408 e. The average Bonchev–Trinajstić information content (AvgIpc) is 2.95. The van der Waals surface area contributed by atoms with Gasteiger partial charge in [-0.1, -0.05) is 36.7 Å². The maximum atomic E-state index is 14.9. The third-order valence-corrected chi connectivity index (χ3v) is 7.03. The zero-order valence-corrected chi connectivity index (χ0v) is 23.9. The van der Waals surface area contributed by atoms with Gasteiger partial charge in [0.05, 0.1) is 23.3 Å². The van der Waals surface area contributed by atoms with Crippen LogP contribution in [0.5, 0.6) is 0 Å². The van der Waals surface area contributed by atoms with Crippen molar-refractivity contribution in [3.05, 3.63) is 88.2 Å². The van der Waals surface area contributed by atoms with Gasteiger partial charge in [-0.2, -0.15) is 13.2 Å². The van der Waals surface area contributed by atoms with Gasteiger partial charge >= 0.3 is 12.1 Å². The molecule has 0 fully saturated rings. The number of fused-ring (bicyclic) bond motifs is 1. The molecule has 1 amide bonds. The van der Waals surface area contributed by atoms with Gasteiger partial charge in [0.15, 0.2) is 0 Å². The van der Waals surface area contributed by atoms with E-state index in [0.29, 0.717) is 44.9 Å². The Morgan fingerprint density at radius 3 is 2.40 bits per heavy atom. The quantitative estimate of drug-likeness (QED) is 0.158. The van der Waals surface area contributed by atoms with Crippen LogP contribution in [0, 0.1) is 18.6 Å². The number of halogens is 6. The Balaban J connectivity index is 1.64. The second kappa shape index (κ2) is 12.9. The molecule has 0 aliphatic heterocycles. The van der Waals surface area contributed by atoms with Crippen molar-refractivity contribution in [2.75, 3.05) is 12.4 Å². The molecular weight excluding hydrogens is 595 g/mol. The molecule has 0 radical (unpaired) electrons. The number of ether oxygens (including phenoxy) is 1. The number of aryl methyl sites for hydroxylation is 1. The highest BCUT2D eigenvalue weighted by Crippen LogP contribution is 2.33. The molecular formula is C30H26ClF5N4O3. The number of anilines is 1. The summed E-state index contributed by atoms with van der Waals surface area (Å²) in [5.74, 6) is -5.02. The third kappa shape index (κ3) is 7.02. The molecule has 4 aromatic rings. The van der Waals surface area contributed by atoms with E-state index in [1.165, 1.54) is 6.92 Å². The predicted molar refractivity (Wildman–Crippen MR) is 152 cm³/mol. The first kappa shape index (κ1) is 31.6. The molecule has 0 bridgehead atoms. The number of alkyl halides is 3. The number of aromatic nitrogens is 2. The first-order valence-electron chi connectivity index (χ1n) is 13.0. The second-order valence-corrected chi connectivity index (χ2v) is 10.1. The summed E-state index contributed by atoms with van der Waals surface area (Å²) in [7, 11) is 1.09. The fourth-order valence-electron chi connectivity index (χ4n) is 4.61. The highest BCUT2D eigenvalue weighted by Gasteiger charge is 2.38. The van der Waals surface area contributed by atoms with Crippen LogP contribution in [-0.4, -0.2) is 47.2 Å². The van der Waals surface area contributed by atoms with Gasteiger partial charge in [0.1, 0.15) is 29.3 Å². The zero-order chi connectivity index (χ0) is 31.5. The van der Waals surface area contributed by atoms with Crippen molar-refractivity contribution in [2.24, 2.45) is 0 Å². The Kier molecular flexibility index (Phi) is 9.49. The Bertz CT molecular complexity index is 1660. The summed E-state index contributed by atoms with van der Waals surface area (Å²) in [4.78, 5) is 34.7. The van der Waals surface area contributed by atoms with Crippen LogP contribution in [0.4, 0.5) is 27.6 Å². The molecule has 0 unspecified atom stereocenters. The Hall–Kier alpha value is -4.32. The number of amides is 1. The maximum absolute atomic E-state index is 14.9. The summed E-state index contributed by atoms with van der Waals surface area (Å²) in [6.07, 6.45) is -3.63. The molecule has 43 heavy (non-hydrogen) atoms. The summed E-state index contributed by atoms with van der Waals surface area (Å²) in [6.45, 7) is 3.07. The van der Waals surface area contributed by atoms with Crippen molar-refractivity contribution in [1.82, 2.24) is 15.3 Å². The van der Waals surface area contributed by atoms with E-state index in [-0.39, 0.29) is 6.42 Å². The highest BCUT2D eigenvalue weighted by molar-refractivity contribution is 6.33. The van der Waals surface area contributed by atoms with Crippen LogP contribution in [0.25, 0.3) is 22.2 Å². The van der Waals surface area contributed by atoms with E-state index in [2.05, 4.69) is 15.3 Å². The van der Waals surface area contributed by atoms with Gasteiger partial charge in [0.2, 0.25) is 0 Å². The predicted octanol–water partition coefficient (Wildman–Crippen LogP) is 6.80. The van der Waals surface area contributed by atoms with Crippen LogP contribution in [-0.2, 0) is 16.0 Å². The number of methoxy groups -OCH3 is 1. The van der Waals surface area contributed by atoms with Gasteiger partial charge in [-0.05, 0) is 49.2 Å². The third-order valence-electron chi connectivity index (χ3n) is 6.73. The largest absolute Gasteiger partial charge is 0.467 e. The zero-order valence-electron chi connectivity index (χ0n) is 23.2. The van der Waals surface area contributed by atoms with E-state index < -0.39 is 59.4 Å². The summed E-state index contributed by atoms with van der Waals surface area (Å²) < 4.78 is 73.9. The minimum absolute atomic E-state index is 0.150. The topological polar surface area (TPSA) is 93.2 Å². The number of hydrogen-bond donors (Lipinski definition) is 2. The van der Waals surface area contributed by atoms with Crippen molar-refractivity contribution in [3.63, 3.8) is 0 Å². The first-order valence-corrected chi connectivity index (χ1v) is 13.4. The summed E-state index contributed by atoms with van der Waals surface area (Å²) in [6, 6.07) is 8.03. The molecule has 2 aromatic heterocycles. The van der Waals surface area contributed by atoms with Crippen LogP contribution < -0.4 is 10.6 Å². The lowest BCUT2D eigenvalue weighted by molar-refractivity contribution is -0.143. The van der Waals surface area contributed by atoms with Crippen molar-refractivity contribution in [3.8, 4) is 11.3 Å². The second-order valence-electron chi connectivity index (χ2n) is 9.67. The normalized spacial score (nSPS) is 13.0. The van der Waals surface area contributed by atoms with Crippen molar-refractivity contribution in [1.29, 1.82) is 0 Å². The molecule has 2 atom stereocenters. The number of esters is 1. The van der Waals surface area contributed by atoms with E-state index in [9.17, 15) is 31.5 Å². The Labute approximate surface area is 248 Å². The lowest BCUT2D eigenvalue weighted by atomic mass is 9.96. The molecule has 2 aromatic carbocycles. The van der Waals surface area contributed by atoms with Crippen molar-refractivity contribution in [2.45, 2.75) is 44.9 Å². The standard InChI is InChI=1S/C30H26ClF5N4O3/c1-4-24(30(34,35)36)39-17-13-21(32)25(22(33)14-17)28(41)40-23(29(42)43-3)12-16-8-9-19(26-18(16)6-5-11-37-26)27-20(31)10-7-15(2)38-27/h5-11,13-14,23-24,39H,4,12H2,1-3H3,(H,40,41)/t23-,24+/m0/s1. The van der Waals surface area contributed by atoms with Crippen LogP contribution in [0.15, 0.2) is 54.7 Å².